The average molecular weight is 194 g/mol. The minimum Gasteiger partial charge on any atom is -0.476 e. The molecule has 2 rings (SSSR count). The molecule has 0 saturated carbocycles. The SMILES string of the molecule is CC1(C(=O)O)OCc2ccccc2O1. The lowest BCUT2D eigenvalue weighted by Gasteiger charge is -2.31. The van der Waals surface area contributed by atoms with E-state index in [-0.39, 0.29) is 6.61 Å². The fourth-order valence-electron chi connectivity index (χ4n) is 1.28. The van der Waals surface area contributed by atoms with Crippen molar-refractivity contribution in [2.24, 2.45) is 0 Å². The molecule has 0 aliphatic carbocycles. The van der Waals surface area contributed by atoms with Crippen molar-refractivity contribution in [1.29, 1.82) is 0 Å². The topological polar surface area (TPSA) is 55.8 Å². The van der Waals surface area contributed by atoms with E-state index in [9.17, 15) is 4.79 Å². The van der Waals surface area contributed by atoms with Crippen LogP contribution in [0.4, 0.5) is 0 Å². The summed E-state index contributed by atoms with van der Waals surface area (Å²) in [6.45, 7) is 1.66. The van der Waals surface area contributed by atoms with Gasteiger partial charge in [0.05, 0.1) is 6.61 Å². The van der Waals surface area contributed by atoms with Gasteiger partial charge in [-0.25, -0.2) is 4.79 Å². The Morgan fingerprint density at radius 1 is 1.50 bits per heavy atom. The highest BCUT2D eigenvalue weighted by atomic mass is 16.7. The van der Waals surface area contributed by atoms with Crippen LogP contribution in [0.15, 0.2) is 24.3 Å². The number of hydrogen-bond donors (Lipinski definition) is 1. The van der Waals surface area contributed by atoms with Gasteiger partial charge in [-0.05, 0) is 6.07 Å². The molecule has 4 heteroatoms. The van der Waals surface area contributed by atoms with Crippen molar-refractivity contribution >= 4 is 5.97 Å². The highest BCUT2D eigenvalue weighted by Gasteiger charge is 2.40. The first-order chi connectivity index (χ1) is 6.62. The van der Waals surface area contributed by atoms with Gasteiger partial charge in [0.2, 0.25) is 0 Å². The van der Waals surface area contributed by atoms with Crippen LogP contribution in [-0.4, -0.2) is 16.9 Å². The molecule has 0 fully saturated rings. The summed E-state index contributed by atoms with van der Waals surface area (Å²) in [6.07, 6.45) is 0. The molecular weight excluding hydrogens is 184 g/mol. The Morgan fingerprint density at radius 3 is 2.93 bits per heavy atom. The lowest BCUT2D eigenvalue weighted by Crippen LogP contribution is -2.46. The van der Waals surface area contributed by atoms with Gasteiger partial charge in [0.15, 0.2) is 0 Å². The van der Waals surface area contributed by atoms with E-state index in [0.717, 1.165) is 5.56 Å². The Kier molecular flexibility index (Phi) is 1.93. The van der Waals surface area contributed by atoms with E-state index >= 15 is 0 Å². The first kappa shape index (κ1) is 9.02. The Bertz CT molecular complexity index is 374. The Hall–Kier alpha value is -1.55. The minimum absolute atomic E-state index is 0.263. The maximum atomic E-state index is 10.8. The van der Waals surface area contributed by atoms with Gasteiger partial charge in [0.1, 0.15) is 5.75 Å². The molecular formula is C10H10O4. The van der Waals surface area contributed by atoms with Crippen molar-refractivity contribution < 1.29 is 19.4 Å². The highest BCUT2D eigenvalue weighted by molar-refractivity contribution is 5.76. The fraction of sp³-hybridized carbons (Fsp3) is 0.300. The zero-order valence-corrected chi connectivity index (χ0v) is 7.69. The van der Waals surface area contributed by atoms with Gasteiger partial charge >= 0.3 is 11.8 Å². The smallest absolute Gasteiger partial charge is 0.376 e. The van der Waals surface area contributed by atoms with Crippen molar-refractivity contribution in [3.63, 3.8) is 0 Å². The van der Waals surface area contributed by atoms with E-state index in [1.165, 1.54) is 6.92 Å². The largest absolute Gasteiger partial charge is 0.476 e. The third-order valence-electron chi connectivity index (χ3n) is 2.17. The molecule has 0 amide bonds. The molecule has 1 heterocycles. The number of aliphatic carboxylic acids is 1. The number of para-hydroxylation sites is 1. The standard InChI is InChI=1S/C10H10O4/c1-10(9(11)12)13-6-7-4-2-3-5-8(7)14-10/h2-5H,6H2,1H3,(H,11,12). The Balaban J connectivity index is 2.34. The van der Waals surface area contributed by atoms with Crippen LogP contribution in [-0.2, 0) is 16.1 Å². The maximum absolute atomic E-state index is 10.8. The Labute approximate surface area is 81.1 Å². The molecule has 1 unspecified atom stereocenters. The summed E-state index contributed by atoms with van der Waals surface area (Å²) in [5.74, 6) is -2.11. The van der Waals surface area contributed by atoms with E-state index in [1.54, 1.807) is 12.1 Å². The van der Waals surface area contributed by atoms with E-state index in [1.807, 2.05) is 12.1 Å². The third-order valence-corrected chi connectivity index (χ3v) is 2.17. The molecule has 1 aliphatic heterocycles. The third kappa shape index (κ3) is 1.33. The van der Waals surface area contributed by atoms with Crippen LogP contribution in [0.1, 0.15) is 12.5 Å². The normalized spacial score (nSPS) is 24.9. The molecule has 0 aromatic heterocycles. The van der Waals surface area contributed by atoms with E-state index in [4.69, 9.17) is 14.6 Å². The van der Waals surface area contributed by atoms with Gasteiger partial charge in [0, 0.05) is 12.5 Å². The average Bonchev–Trinajstić information content (AvgIpc) is 2.17. The van der Waals surface area contributed by atoms with Crippen molar-refractivity contribution in [1.82, 2.24) is 0 Å². The second kappa shape index (κ2) is 2.99. The quantitative estimate of drug-likeness (QED) is 0.734. The van der Waals surface area contributed by atoms with Crippen LogP contribution >= 0.6 is 0 Å². The summed E-state index contributed by atoms with van der Waals surface area (Å²) in [5, 5.41) is 8.87. The molecule has 74 valence electrons. The van der Waals surface area contributed by atoms with Gasteiger partial charge in [-0.1, -0.05) is 18.2 Å². The summed E-state index contributed by atoms with van der Waals surface area (Å²) in [5.41, 5.74) is 0.867. The molecule has 4 nitrogen and oxygen atoms in total. The van der Waals surface area contributed by atoms with E-state index in [2.05, 4.69) is 0 Å². The number of ether oxygens (including phenoxy) is 2. The number of benzene rings is 1. The van der Waals surface area contributed by atoms with Crippen molar-refractivity contribution in [2.75, 3.05) is 0 Å². The first-order valence-corrected chi connectivity index (χ1v) is 4.26. The van der Waals surface area contributed by atoms with Gasteiger partial charge < -0.3 is 14.6 Å². The van der Waals surface area contributed by atoms with Crippen molar-refractivity contribution in [3.05, 3.63) is 29.8 Å². The van der Waals surface area contributed by atoms with E-state index < -0.39 is 11.8 Å². The van der Waals surface area contributed by atoms with Gasteiger partial charge in [-0.3, -0.25) is 0 Å². The number of carbonyl (C=O) groups is 1. The lowest BCUT2D eigenvalue weighted by atomic mass is 10.1. The number of carboxylic acids is 1. The molecule has 1 aromatic rings. The Morgan fingerprint density at radius 2 is 2.21 bits per heavy atom. The first-order valence-electron chi connectivity index (χ1n) is 4.26. The number of hydrogen-bond acceptors (Lipinski definition) is 3. The molecule has 1 aromatic carbocycles. The zero-order chi connectivity index (χ0) is 10.2. The van der Waals surface area contributed by atoms with Gasteiger partial charge in [0.25, 0.3) is 0 Å². The van der Waals surface area contributed by atoms with Gasteiger partial charge in [-0.15, -0.1) is 0 Å². The predicted octanol–water partition coefficient (Wildman–Crippen LogP) is 1.40. The van der Waals surface area contributed by atoms with Crippen LogP contribution in [0, 0.1) is 0 Å². The summed E-state index contributed by atoms with van der Waals surface area (Å²) in [7, 11) is 0. The van der Waals surface area contributed by atoms with Gasteiger partial charge in [-0.2, -0.15) is 0 Å². The summed E-state index contributed by atoms with van der Waals surface area (Å²) in [4.78, 5) is 10.8. The van der Waals surface area contributed by atoms with Crippen LogP contribution in [0.5, 0.6) is 5.75 Å². The molecule has 0 radical (unpaired) electrons. The van der Waals surface area contributed by atoms with Crippen LogP contribution in [0.3, 0.4) is 0 Å². The molecule has 0 saturated heterocycles. The second-order valence-electron chi connectivity index (χ2n) is 3.25. The molecule has 1 aliphatic rings. The molecule has 0 bridgehead atoms. The maximum Gasteiger partial charge on any atom is 0.376 e. The van der Waals surface area contributed by atoms with E-state index in [0.29, 0.717) is 5.75 Å². The summed E-state index contributed by atoms with van der Waals surface area (Å²) < 4.78 is 10.4. The number of fused-ring (bicyclic) bond motifs is 1. The number of rotatable bonds is 1. The van der Waals surface area contributed by atoms with Crippen molar-refractivity contribution in [2.45, 2.75) is 19.3 Å². The van der Waals surface area contributed by atoms with Crippen LogP contribution in [0.25, 0.3) is 0 Å². The van der Waals surface area contributed by atoms with Crippen LogP contribution < -0.4 is 4.74 Å². The van der Waals surface area contributed by atoms with Crippen LogP contribution in [0.2, 0.25) is 0 Å². The highest BCUT2D eigenvalue weighted by Crippen LogP contribution is 2.30. The molecule has 1 atom stereocenters. The summed E-state index contributed by atoms with van der Waals surface area (Å²) in [6, 6.07) is 7.23. The fourth-order valence-corrected chi connectivity index (χ4v) is 1.28. The molecule has 0 spiro atoms. The monoisotopic (exact) mass is 194 g/mol. The minimum atomic E-state index is -1.56. The zero-order valence-electron chi connectivity index (χ0n) is 7.69. The number of carboxylic acid groups (broad SMARTS) is 1. The van der Waals surface area contributed by atoms with Crippen molar-refractivity contribution in [3.8, 4) is 5.75 Å². The summed E-state index contributed by atoms with van der Waals surface area (Å²) >= 11 is 0. The predicted molar refractivity (Wildman–Crippen MR) is 47.9 cm³/mol. The molecule has 1 N–H and O–H groups in total. The second-order valence-corrected chi connectivity index (χ2v) is 3.25. The molecule has 14 heavy (non-hydrogen) atoms. The lowest BCUT2D eigenvalue weighted by molar-refractivity contribution is -0.217.